The Morgan fingerprint density at radius 2 is 1.65 bits per heavy atom. The Hall–Kier alpha value is -2.63. The van der Waals surface area contributed by atoms with Gasteiger partial charge in [-0.15, -0.1) is 0 Å². The molecule has 0 amide bonds. The first-order valence-electron chi connectivity index (χ1n) is 7.29. The number of ether oxygens (including phenoxy) is 1. The van der Waals surface area contributed by atoms with Gasteiger partial charge in [-0.1, -0.05) is 37.8 Å². The molecular weight excluding hydrogens is 292 g/mol. The molecule has 1 N–H and O–H groups in total. The summed E-state index contributed by atoms with van der Waals surface area (Å²) in [4.78, 5) is 11.5. The van der Waals surface area contributed by atoms with Crippen molar-refractivity contribution in [1.82, 2.24) is 5.17 Å². The van der Waals surface area contributed by atoms with E-state index in [9.17, 15) is 10.0 Å². The summed E-state index contributed by atoms with van der Waals surface area (Å²) in [6.45, 7) is 7.29. The molecule has 0 atom stereocenters. The number of rotatable bonds is 6. The van der Waals surface area contributed by atoms with E-state index in [0.717, 1.165) is 22.0 Å². The number of carbonyl (C=O) groups is 1. The van der Waals surface area contributed by atoms with Gasteiger partial charge in [-0.05, 0) is 42.3 Å². The minimum absolute atomic E-state index is 0.358. The Morgan fingerprint density at radius 3 is 2.13 bits per heavy atom. The van der Waals surface area contributed by atoms with Crippen LogP contribution in [0.25, 0.3) is 11.1 Å². The minimum Gasteiger partial charge on any atom is -0.767 e. The Bertz CT molecular complexity index is 678. The van der Waals surface area contributed by atoms with Crippen LogP contribution in [0.4, 0.5) is 5.69 Å². The molecule has 0 saturated carbocycles. The van der Waals surface area contributed by atoms with Gasteiger partial charge in [-0.3, -0.25) is 5.17 Å². The van der Waals surface area contributed by atoms with Crippen LogP contribution in [0.1, 0.15) is 13.8 Å². The molecule has 120 valence electrons. The van der Waals surface area contributed by atoms with E-state index < -0.39 is 5.97 Å². The molecule has 0 saturated heterocycles. The molecule has 23 heavy (non-hydrogen) atoms. The fraction of sp³-hybridized carbons (Fsp3) is 0.167. The van der Waals surface area contributed by atoms with Crippen molar-refractivity contribution in [3.05, 3.63) is 65.9 Å². The van der Waals surface area contributed by atoms with Crippen molar-refractivity contribution < 1.29 is 9.53 Å². The average Bonchev–Trinajstić information content (AvgIpc) is 2.56. The van der Waals surface area contributed by atoms with E-state index in [4.69, 9.17) is 4.74 Å². The molecular formula is C18H19N2O3-. The van der Waals surface area contributed by atoms with Crippen molar-refractivity contribution in [3.63, 3.8) is 0 Å². The second-order valence-corrected chi connectivity index (χ2v) is 5.08. The second kappa shape index (κ2) is 7.58. The number of hydrogen-bond donors (Lipinski definition) is 1. The van der Waals surface area contributed by atoms with Crippen molar-refractivity contribution in [2.75, 3.05) is 12.0 Å². The van der Waals surface area contributed by atoms with E-state index in [1.807, 2.05) is 36.4 Å². The number of benzene rings is 2. The van der Waals surface area contributed by atoms with Crippen LogP contribution in [-0.2, 0) is 4.79 Å². The van der Waals surface area contributed by atoms with Gasteiger partial charge in [-0.2, -0.15) is 0 Å². The standard InChI is InChI=1S/C18H19N2O3/c1-4-20(22)19-16-9-5-14(6-10-16)15-7-11-17(12-8-15)23-18(21)13(2)3/h5-12,19H,2,4H2,1,3H3/q-1. The number of hydrogen-bond acceptors (Lipinski definition) is 5. The SMILES string of the molecule is C=C(C)C(=O)Oc1ccc(-c2ccc(NN([O-])CC)cc2)cc1. The van der Waals surface area contributed by atoms with E-state index in [0.29, 0.717) is 17.9 Å². The first-order valence-corrected chi connectivity index (χ1v) is 7.29. The van der Waals surface area contributed by atoms with Crippen molar-refractivity contribution in [2.45, 2.75) is 13.8 Å². The summed E-state index contributed by atoms with van der Waals surface area (Å²) in [5.74, 6) is 0.0382. The molecule has 0 aliphatic carbocycles. The monoisotopic (exact) mass is 311 g/mol. The zero-order valence-corrected chi connectivity index (χ0v) is 13.2. The molecule has 2 aromatic rings. The summed E-state index contributed by atoms with van der Waals surface area (Å²) >= 11 is 0. The van der Waals surface area contributed by atoms with E-state index in [-0.39, 0.29) is 0 Å². The number of anilines is 1. The first-order chi connectivity index (χ1) is 11.0. The highest BCUT2D eigenvalue weighted by molar-refractivity contribution is 5.88. The second-order valence-electron chi connectivity index (χ2n) is 5.08. The predicted octanol–water partition coefficient (Wildman–Crippen LogP) is 3.98. The molecule has 0 heterocycles. The quantitative estimate of drug-likeness (QED) is 0.378. The lowest BCUT2D eigenvalue weighted by molar-refractivity contribution is -0.130. The number of hydroxylamine groups is 1. The van der Waals surface area contributed by atoms with Crippen LogP contribution in [0.2, 0.25) is 0 Å². The summed E-state index contributed by atoms with van der Waals surface area (Å²) in [6, 6.07) is 14.7. The Kier molecular flexibility index (Phi) is 5.51. The molecule has 0 aromatic heterocycles. The van der Waals surface area contributed by atoms with Gasteiger partial charge < -0.3 is 15.4 Å². The van der Waals surface area contributed by atoms with Crippen LogP contribution >= 0.6 is 0 Å². The molecule has 5 heteroatoms. The van der Waals surface area contributed by atoms with Crippen molar-refractivity contribution >= 4 is 11.7 Å². The Morgan fingerprint density at radius 1 is 1.13 bits per heavy atom. The van der Waals surface area contributed by atoms with Crippen LogP contribution in [0, 0.1) is 5.21 Å². The fourth-order valence-corrected chi connectivity index (χ4v) is 1.87. The molecule has 0 spiro atoms. The first kappa shape index (κ1) is 16.7. The van der Waals surface area contributed by atoms with Crippen LogP contribution in [0.15, 0.2) is 60.7 Å². The lowest BCUT2D eigenvalue weighted by atomic mass is 10.1. The van der Waals surface area contributed by atoms with Crippen molar-refractivity contribution in [2.24, 2.45) is 0 Å². The molecule has 0 aliphatic rings. The number of nitrogens with one attached hydrogen (secondary N) is 1. The van der Waals surface area contributed by atoms with E-state index in [2.05, 4.69) is 12.0 Å². The van der Waals surface area contributed by atoms with Crippen molar-refractivity contribution in [3.8, 4) is 16.9 Å². The number of nitrogens with zero attached hydrogens (tertiary/aromatic N) is 1. The van der Waals surface area contributed by atoms with E-state index in [1.165, 1.54) is 0 Å². The zero-order chi connectivity index (χ0) is 16.8. The summed E-state index contributed by atoms with van der Waals surface area (Å²) in [5, 5.41) is 12.0. The highest BCUT2D eigenvalue weighted by Crippen LogP contribution is 2.24. The summed E-state index contributed by atoms with van der Waals surface area (Å²) in [7, 11) is 0. The molecule has 2 rings (SSSR count). The third-order valence-corrected chi connectivity index (χ3v) is 3.17. The maximum Gasteiger partial charge on any atom is 0.338 e. The maximum atomic E-state index is 11.5. The lowest BCUT2D eigenvalue weighted by Gasteiger charge is -2.27. The van der Waals surface area contributed by atoms with Crippen LogP contribution in [-0.4, -0.2) is 17.7 Å². The Balaban J connectivity index is 2.07. The van der Waals surface area contributed by atoms with Crippen LogP contribution < -0.4 is 10.2 Å². The third-order valence-electron chi connectivity index (χ3n) is 3.17. The summed E-state index contributed by atoms with van der Waals surface area (Å²) < 4.78 is 5.15. The summed E-state index contributed by atoms with van der Waals surface area (Å²) in [6.07, 6.45) is 0. The molecule has 0 unspecified atom stereocenters. The fourth-order valence-electron chi connectivity index (χ4n) is 1.87. The third kappa shape index (κ3) is 4.67. The van der Waals surface area contributed by atoms with Gasteiger partial charge in [0.05, 0.1) is 0 Å². The van der Waals surface area contributed by atoms with Gasteiger partial charge in [0, 0.05) is 17.8 Å². The number of esters is 1. The molecule has 2 aromatic carbocycles. The van der Waals surface area contributed by atoms with Crippen molar-refractivity contribution in [1.29, 1.82) is 0 Å². The highest BCUT2D eigenvalue weighted by atomic mass is 16.5. The number of hydrazine groups is 1. The topological polar surface area (TPSA) is 64.6 Å². The molecule has 0 fully saturated rings. The highest BCUT2D eigenvalue weighted by Gasteiger charge is 2.05. The largest absolute Gasteiger partial charge is 0.767 e. The van der Waals surface area contributed by atoms with Gasteiger partial charge in [0.25, 0.3) is 0 Å². The number of carbonyl (C=O) groups excluding carboxylic acids is 1. The molecule has 0 bridgehead atoms. The minimum atomic E-state index is -0.439. The normalized spacial score (nSPS) is 10.4. The predicted molar refractivity (Wildman–Crippen MR) is 91.7 cm³/mol. The molecule has 0 aliphatic heterocycles. The summed E-state index contributed by atoms with van der Waals surface area (Å²) in [5.41, 5.74) is 5.80. The van der Waals surface area contributed by atoms with Gasteiger partial charge in [0.2, 0.25) is 0 Å². The van der Waals surface area contributed by atoms with Gasteiger partial charge >= 0.3 is 5.97 Å². The molecule has 5 nitrogen and oxygen atoms in total. The zero-order valence-electron chi connectivity index (χ0n) is 13.2. The average molecular weight is 311 g/mol. The van der Waals surface area contributed by atoms with E-state index >= 15 is 0 Å². The van der Waals surface area contributed by atoms with Crippen LogP contribution in [0.5, 0.6) is 5.75 Å². The van der Waals surface area contributed by atoms with Crippen LogP contribution in [0.3, 0.4) is 0 Å². The molecule has 0 radical (unpaired) electrons. The maximum absolute atomic E-state index is 11.5. The lowest BCUT2D eigenvalue weighted by Crippen LogP contribution is -2.22. The smallest absolute Gasteiger partial charge is 0.338 e. The van der Waals surface area contributed by atoms with E-state index in [1.54, 1.807) is 26.0 Å². The van der Waals surface area contributed by atoms with Gasteiger partial charge in [0.15, 0.2) is 0 Å². The Labute approximate surface area is 135 Å². The van der Waals surface area contributed by atoms with Gasteiger partial charge in [-0.25, -0.2) is 4.79 Å². The van der Waals surface area contributed by atoms with Gasteiger partial charge in [0.1, 0.15) is 5.75 Å².